The average Bonchev–Trinajstić information content (AvgIpc) is 3.33. The van der Waals surface area contributed by atoms with Crippen molar-refractivity contribution in [2.45, 2.75) is 50.6 Å². The molecule has 1 saturated carbocycles. The van der Waals surface area contributed by atoms with Gasteiger partial charge in [0.1, 0.15) is 17.2 Å². The molecule has 0 amide bonds. The minimum absolute atomic E-state index is 0.164. The number of hydrogen-bond donors (Lipinski definition) is 1. The Morgan fingerprint density at radius 2 is 2.04 bits per heavy atom. The molecule has 1 aliphatic carbocycles. The number of furan rings is 1. The van der Waals surface area contributed by atoms with Crippen LogP contribution in [0.5, 0.6) is 0 Å². The van der Waals surface area contributed by atoms with Crippen molar-refractivity contribution < 1.29 is 8.81 Å². The quantitative estimate of drug-likeness (QED) is 0.557. The molecule has 3 nitrogen and oxygen atoms in total. The van der Waals surface area contributed by atoms with Crippen molar-refractivity contribution in [3.63, 3.8) is 0 Å². The van der Waals surface area contributed by atoms with Gasteiger partial charge in [0.15, 0.2) is 0 Å². The Hall–Kier alpha value is -2.14. The Morgan fingerprint density at radius 1 is 1.14 bits per heavy atom. The molecule has 2 heterocycles. The molecule has 1 aliphatic heterocycles. The van der Waals surface area contributed by atoms with E-state index in [1.807, 2.05) is 18.2 Å². The third kappa shape index (κ3) is 3.26. The van der Waals surface area contributed by atoms with Crippen LogP contribution in [0, 0.1) is 5.82 Å². The molecule has 3 aromatic rings. The van der Waals surface area contributed by atoms with E-state index < -0.39 is 0 Å². The first-order chi connectivity index (χ1) is 13.7. The van der Waals surface area contributed by atoms with E-state index in [-0.39, 0.29) is 5.82 Å². The van der Waals surface area contributed by atoms with Crippen LogP contribution in [0.1, 0.15) is 42.4 Å². The molecule has 2 atom stereocenters. The van der Waals surface area contributed by atoms with Crippen molar-refractivity contribution in [3.05, 3.63) is 69.6 Å². The smallest absolute Gasteiger partial charge is 0.137 e. The fourth-order valence-electron chi connectivity index (χ4n) is 4.56. The monoisotopic (exact) mass is 440 g/mol. The summed E-state index contributed by atoms with van der Waals surface area (Å²) in [6.45, 7) is 0. The molecule has 1 fully saturated rings. The minimum Gasteiger partial charge on any atom is -0.464 e. The fraction of sp³-hybridized carbons (Fsp3) is 0.348. The van der Waals surface area contributed by atoms with Gasteiger partial charge in [0.2, 0.25) is 0 Å². The lowest BCUT2D eigenvalue weighted by Crippen LogP contribution is -2.37. The van der Waals surface area contributed by atoms with Gasteiger partial charge < -0.3 is 9.73 Å². The minimum atomic E-state index is -0.164. The van der Waals surface area contributed by atoms with Crippen molar-refractivity contribution in [3.8, 4) is 0 Å². The van der Waals surface area contributed by atoms with Gasteiger partial charge in [-0.15, -0.1) is 0 Å². The van der Waals surface area contributed by atoms with E-state index in [9.17, 15) is 4.39 Å². The Balaban J connectivity index is 1.45. The maximum atomic E-state index is 14.8. The van der Waals surface area contributed by atoms with Crippen molar-refractivity contribution in [1.29, 1.82) is 0 Å². The number of hydrogen-bond acceptors (Lipinski definition) is 3. The van der Waals surface area contributed by atoms with Crippen LogP contribution in [-0.2, 0) is 12.8 Å². The van der Waals surface area contributed by atoms with Crippen molar-refractivity contribution in [2.24, 2.45) is 4.99 Å². The summed E-state index contributed by atoms with van der Waals surface area (Å²) < 4.78 is 21.5. The molecule has 1 aromatic heterocycles. The van der Waals surface area contributed by atoms with Gasteiger partial charge in [0.25, 0.3) is 0 Å². The zero-order chi connectivity index (χ0) is 19.1. The van der Waals surface area contributed by atoms with Crippen LogP contribution in [-0.4, -0.2) is 17.9 Å². The third-order valence-corrected chi connectivity index (χ3v) is 6.42. The Morgan fingerprint density at radius 3 is 2.93 bits per heavy atom. The summed E-state index contributed by atoms with van der Waals surface area (Å²) in [7, 11) is 0. The summed E-state index contributed by atoms with van der Waals surface area (Å²) in [4.78, 5) is 4.91. The fourth-order valence-corrected chi connectivity index (χ4v) is 5.08. The number of rotatable bonds is 4. The molecular weight excluding hydrogens is 419 g/mol. The van der Waals surface area contributed by atoms with E-state index >= 15 is 0 Å². The SMILES string of the molecule is Fc1cccc(C2=NC3CCCCC3N2)c1CCc1cc(Br)cc2ccoc12. The van der Waals surface area contributed by atoms with E-state index in [2.05, 4.69) is 27.3 Å². The number of fused-ring (bicyclic) bond motifs is 2. The third-order valence-electron chi connectivity index (χ3n) is 5.96. The number of nitrogens with one attached hydrogen (secondary N) is 1. The summed E-state index contributed by atoms with van der Waals surface area (Å²) in [6, 6.07) is 12.1. The Labute approximate surface area is 172 Å². The normalized spacial score (nSPS) is 21.4. The second-order valence-corrected chi connectivity index (χ2v) is 8.67. The van der Waals surface area contributed by atoms with E-state index in [1.54, 1.807) is 18.4 Å². The maximum Gasteiger partial charge on any atom is 0.137 e. The topological polar surface area (TPSA) is 37.5 Å². The summed E-state index contributed by atoms with van der Waals surface area (Å²) in [5, 5.41) is 4.63. The van der Waals surface area contributed by atoms with Crippen LogP contribution < -0.4 is 5.32 Å². The van der Waals surface area contributed by atoms with Gasteiger partial charge in [0, 0.05) is 21.5 Å². The highest BCUT2D eigenvalue weighted by molar-refractivity contribution is 9.10. The zero-order valence-electron chi connectivity index (χ0n) is 15.6. The van der Waals surface area contributed by atoms with E-state index in [1.165, 1.54) is 12.8 Å². The molecule has 0 spiro atoms. The van der Waals surface area contributed by atoms with Crippen molar-refractivity contribution in [2.75, 3.05) is 0 Å². The van der Waals surface area contributed by atoms with Gasteiger partial charge in [-0.05, 0) is 61.1 Å². The first-order valence-corrected chi connectivity index (χ1v) is 10.8. The Kier molecular flexibility index (Phi) is 4.71. The van der Waals surface area contributed by atoms with Crippen LogP contribution in [0.15, 0.2) is 56.5 Å². The lowest BCUT2D eigenvalue weighted by atomic mass is 9.92. The number of nitrogens with zero attached hydrogens (tertiary/aromatic N) is 1. The molecule has 5 rings (SSSR count). The van der Waals surface area contributed by atoms with Crippen LogP contribution in [0.25, 0.3) is 11.0 Å². The van der Waals surface area contributed by atoms with Gasteiger partial charge in [-0.2, -0.15) is 0 Å². The highest BCUT2D eigenvalue weighted by Crippen LogP contribution is 2.29. The molecule has 144 valence electrons. The average molecular weight is 441 g/mol. The number of aryl methyl sites for hydroxylation is 1. The van der Waals surface area contributed by atoms with Gasteiger partial charge in [-0.3, -0.25) is 4.99 Å². The highest BCUT2D eigenvalue weighted by Gasteiger charge is 2.32. The predicted molar refractivity (Wildman–Crippen MR) is 113 cm³/mol. The van der Waals surface area contributed by atoms with Crippen molar-refractivity contribution >= 4 is 32.7 Å². The van der Waals surface area contributed by atoms with Crippen LogP contribution >= 0.6 is 15.9 Å². The number of halogens is 2. The molecule has 2 aliphatic rings. The number of amidine groups is 1. The predicted octanol–water partition coefficient (Wildman–Crippen LogP) is 5.78. The van der Waals surface area contributed by atoms with E-state index in [0.717, 1.165) is 50.8 Å². The molecule has 0 radical (unpaired) electrons. The van der Waals surface area contributed by atoms with E-state index in [0.29, 0.717) is 24.9 Å². The number of benzene rings is 2. The summed E-state index contributed by atoms with van der Waals surface area (Å²) in [5.41, 5.74) is 3.59. The number of aliphatic imine (C=N–C) groups is 1. The van der Waals surface area contributed by atoms with Crippen LogP contribution in [0.3, 0.4) is 0 Å². The second-order valence-electron chi connectivity index (χ2n) is 7.75. The highest BCUT2D eigenvalue weighted by atomic mass is 79.9. The van der Waals surface area contributed by atoms with Crippen molar-refractivity contribution in [1.82, 2.24) is 5.32 Å². The standard InChI is InChI=1S/C23H22BrFN2O/c24-16-12-14(22-15(13-16)10-11-28-22)8-9-17-18(4-3-5-19(17)25)23-26-20-6-1-2-7-21(20)27-23/h3-5,10-13,20-21H,1-2,6-9H2,(H,26,27). The molecule has 28 heavy (non-hydrogen) atoms. The van der Waals surface area contributed by atoms with Gasteiger partial charge in [-0.25, -0.2) is 4.39 Å². The molecule has 1 N–H and O–H groups in total. The molecule has 0 bridgehead atoms. The van der Waals surface area contributed by atoms with Gasteiger partial charge in [0.05, 0.1) is 12.3 Å². The molecular formula is C23H22BrFN2O. The first-order valence-electron chi connectivity index (χ1n) is 9.97. The van der Waals surface area contributed by atoms with Crippen LogP contribution in [0.2, 0.25) is 0 Å². The second kappa shape index (κ2) is 7.36. The van der Waals surface area contributed by atoms with Gasteiger partial charge in [-0.1, -0.05) is 40.9 Å². The summed E-state index contributed by atoms with van der Waals surface area (Å²) in [5.74, 6) is 0.700. The largest absolute Gasteiger partial charge is 0.464 e. The summed E-state index contributed by atoms with van der Waals surface area (Å²) >= 11 is 3.57. The zero-order valence-corrected chi connectivity index (χ0v) is 17.1. The molecule has 5 heteroatoms. The Bertz CT molecular complexity index is 1060. The lowest BCUT2D eigenvalue weighted by molar-refractivity contribution is 0.385. The molecule has 2 unspecified atom stereocenters. The summed E-state index contributed by atoms with van der Waals surface area (Å²) in [6.07, 6.45) is 7.76. The van der Waals surface area contributed by atoms with E-state index in [4.69, 9.17) is 9.41 Å². The lowest BCUT2D eigenvalue weighted by Gasteiger charge is -2.23. The molecule has 2 aromatic carbocycles. The maximum absolute atomic E-state index is 14.8. The van der Waals surface area contributed by atoms with Gasteiger partial charge >= 0.3 is 0 Å². The first kappa shape index (κ1) is 17.9. The van der Waals surface area contributed by atoms with Crippen LogP contribution in [0.4, 0.5) is 4.39 Å². The molecule has 0 saturated heterocycles.